The third kappa shape index (κ3) is 5.15. The van der Waals surface area contributed by atoms with E-state index in [4.69, 9.17) is 0 Å². The SMILES string of the molecule is CC(=O)Nc1ccc(S(=O)(=O)N(C)CC(=O)Nc2cccc(C)c2C)cc1. The van der Waals surface area contributed by atoms with Gasteiger partial charge in [0.05, 0.1) is 11.4 Å². The highest BCUT2D eigenvalue weighted by molar-refractivity contribution is 7.89. The zero-order chi connectivity index (χ0) is 20.2. The fourth-order valence-corrected chi connectivity index (χ4v) is 3.58. The van der Waals surface area contributed by atoms with Crippen molar-refractivity contribution in [2.75, 3.05) is 24.2 Å². The van der Waals surface area contributed by atoms with E-state index < -0.39 is 15.9 Å². The van der Waals surface area contributed by atoms with E-state index in [-0.39, 0.29) is 17.3 Å². The van der Waals surface area contributed by atoms with Gasteiger partial charge >= 0.3 is 0 Å². The molecule has 0 heterocycles. The number of likely N-dealkylation sites (N-methyl/N-ethyl adjacent to an activating group) is 1. The highest BCUT2D eigenvalue weighted by Crippen LogP contribution is 2.19. The molecule has 0 spiro atoms. The van der Waals surface area contributed by atoms with Crippen molar-refractivity contribution in [2.24, 2.45) is 0 Å². The van der Waals surface area contributed by atoms with Gasteiger partial charge < -0.3 is 10.6 Å². The van der Waals surface area contributed by atoms with Crippen LogP contribution in [0.1, 0.15) is 18.1 Å². The van der Waals surface area contributed by atoms with E-state index in [0.29, 0.717) is 11.4 Å². The molecule has 0 aliphatic carbocycles. The van der Waals surface area contributed by atoms with Crippen molar-refractivity contribution in [3.8, 4) is 0 Å². The zero-order valence-electron chi connectivity index (χ0n) is 15.7. The van der Waals surface area contributed by atoms with Crippen molar-refractivity contribution in [3.63, 3.8) is 0 Å². The van der Waals surface area contributed by atoms with Crippen LogP contribution in [0.4, 0.5) is 11.4 Å². The third-order valence-electron chi connectivity index (χ3n) is 4.13. The molecule has 0 aliphatic rings. The maximum Gasteiger partial charge on any atom is 0.243 e. The van der Waals surface area contributed by atoms with Crippen LogP contribution in [0.5, 0.6) is 0 Å². The molecule has 2 aromatic carbocycles. The summed E-state index contributed by atoms with van der Waals surface area (Å²) in [7, 11) is -2.48. The Morgan fingerprint density at radius 2 is 1.63 bits per heavy atom. The average molecular weight is 389 g/mol. The van der Waals surface area contributed by atoms with Gasteiger partial charge in [-0.2, -0.15) is 4.31 Å². The summed E-state index contributed by atoms with van der Waals surface area (Å²) in [4.78, 5) is 23.4. The second-order valence-corrected chi connectivity index (χ2v) is 8.31. The Hall–Kier alpha value is -2.71. The van der Waals surface area contributed by atoms with Crippen molar-refractivity contribution in [3.05, 3.63) is 53.6 Å². The first-order valence-corrected chi connectivity index (χ1v) is 9.75. The predicted molar refractivity (Wildman–Crippen MR) is 105 cm³/mol. The number of rotatable bonds is 6. The maximum atomic E-state index is 12.6. The molecule has 0 radical (unpaired) electrons. The number of sulfonamides is 1. The lowest BCUT2D eigenvalue weighted by Crippen LogP contribution is -2.35. The maximum absolute atomic E-state index is 12.6. The summed E-state index contributed by atoms with van der Waals surface area (Å²) in [5, 5.41) is 5.31. The van der Waals surface area contributed by atoms with E-state index in [1.54, 1.807) is 6.07 Å². The molecule has 0 saturated heterocycles. The summed E-state index contributed by atoms with van der Waals surface area (Å²) in [5.74, 6) is -0.671. The first-order chi connectivity index (χ1) is 12.6. The van der Waals surface area contributed by atoms with E-state index in [1.165, 1.54) is 38.2 Å². The lowest BCUT2D eigenvalue weighted by molar-refractivity contribution is -0.116. The molecule has 144 valence electrons. The molecule has 2 rings (SSSR count). The summed E-state index contributed by atoms with van der Waals surface area (Å²) in [6.45, 7) is 4.88. The molecule has 0 aromatic heterocycles. The van der Waals surface area contributed by atoms with Crippen LogP contribution < -0.4 is 10.6 Å². The van der Waals surface area contributed by atoms with Crippen LogP contribution >= 0.6 is 0 Å². The molecule has 0 unspecified atom stereocenters. The molecule has 2 aromatic rings. The van der Waals surface area contributed by atoms with Gasteiger partial charge in [0.15, 0.2) is 0 Å². The number of carbonyl (C=O) groups excluding carboxylic acids is 2. The molecule has 7 nitrogen and oxygen atoms in total. The minimum Gasteiger partial charge on any atom is -0.326 e. The largest absolute Gasteiger partial charge is 0.326 e. The van der Waals surface area contributed by atoms with Gasteiger partial charge in [-0.25, -0.2) is 8.42 Å². The van der Waals surface area contributed by atoms with Crippen LogP contribution in [0.15, 0.2) is 47.4 Å². The number of carbonyl (C=O) groups is 2. The van der Waals surface area contributed by atoms with Gasteiger partial charge in [0.1, 0.15) is 0 Å². The van der Waals surface area contributed by atoms with Crippen LogP contribution in [0.2, 0.25) is 0 Å². The molecule has 0 saturated carbocycles. The predicted octanol–water partition coefficient (Wildman–Crippen LogP) is 2.52. The zero-order valence-corrected chi connectivity index (χ0v) is 16.6. The van der Waals surface area contributed by atoms with E-state index in [1.807, 2.05) is 26.0 Å². The van der Waals surface area contributed by atoms with Gasteiger partial charge in [-0.05, 0) is 55.3 Å². The van der Waals surface area contributed by atoms with Crippen molar-refractivity contribution >= 4 is 33.2 Å². The van der Waals surface area contributed by atoms with Gasteiger partial charge in [-0.1, -0.05) is 12.1 Å². The van der Waals surface area contributed by atoms with Gasteiger partial charge in [-0.3, -0.25) is 9.59 Å². The summed E-state index contributed by atoms with van der Waals surface area (Å²) in [6.07, 6.45) is 0. The summed E-state index contributed by atoms with van der Waals surface area (Å²) < 4.78 is 26.3. The minimum atomic E-state index is -3.83. The topological polar surface area (TPSA) is 95.6 Å². The Bertz CT molecular complexity index is 953. The number of nitrogens with zero attached hydrogens (tertiary/aromatic N) is 1. The number of benzene rings is 2. The Balaban J connectivity index is 2.09. The Morgan fingerprint density at radius 3 is 2.22 bits per heavy atom. The number of hydrogen-bond donors (Lipinski definition) is 2. The van der Waals surface area contributed by atoms with Gasteiger partial charge in [0.25, 0.3) is 0 Å². The first-order valence-electron chi connectivity index (χ1n) is 8.31. The van der Waals surface area contributed by atoms with Crippen LogP contribution in [-0.2, 0) is 19.6 Å². The van der Waals surface area contributed by atoms with E-state index in [2.05, 4.69) is 10.6 Å². The highest BCUT2D eigenvalue weighted by Gasteiger charge is 2.23. The normalized spacial score (nSPS) is 11.3. The van der Waals surface area contributed by atoms with Crippen molar-refractivity contribution in [1.82, 2.24) is 4.31 Å². The smallest absolute Gasteiger partial charge is 0.243 e. The molecule has 2 amide bonds. The van der Waals surface area contributed by atoms with Gasteiger partial charge in [-0.15, -0.1) is 0 Å². The lowest BCUT2D eigenvalue weighted by Gasteiger charge is -2.18. The summed E-state index contributed by atoms with van der Waals surface area (Å²) in [5.41, 5.74) is 3.13. The second-order valence-electron chi connectivity index (χ2n) is 6.26. The standard InChI is InChI=1S/C19H23N3O4S/c1-13-6-5-7-18(14(13)2)21-19(24)12-22(4)27(25,26)17-10-8-16(9-11-17)20-15(3)23/h5-11H,12H2,1-4H3,(H,20,23)(H,21,24). The van der Waals surface area contributed by atoms with Crippen LogP contribution in [0.25, 0.3) is 0 Å². The molecule has 0 fully saturated rings. The molecule has 0 aliphatic heterocycles. The van der Waals surface area contributed by atoms with Crippen molar-refractivity contribution in [1.29, 1.82) is 0 Å². The van der Waals surface area contributed by atoms with Crippen LogP contribution in [0, 0.1) is 13.8 Å². The second kappa shape index (κ2) is 8.32. The molecule has 8 heteroatoms. The van der Waals surface area contributed by atoms with Crippen molar-refractivity contribution in [2.45, 2.75) is 25.7 Å². The lowest BCUT2D eigenvalue weighted by atomic mass is 10.1. The summed E-state index contributed by atoms with van der Waals surface area (Å²) >= 11 is 0. The van der Waals surface area contributed by atoms with Crippen LogP contribution in [0.3, 0.4) is 0 Å². The Kier molecular flexibility index (Phi) is 6.35. The molecule has 2 N–H and O–H groups in total. The minimum absolute atomic E-state index is 0.0404. The molecule has 27 heavy (non-hydrogen) atoms. The van der Waals surface area contributed by atoms with E-state index in [0.717, 1.165) is 15.4 Å². The highest BCUT2D eigenvalue weighted by atomic mass is 32.2. The Morgan fingerprint density at radius 1 is 1.00 bits per heavy atom. The number of hydrogen-bond acceptors (Lipinski definition) is 4. The number of nitrogens with one attached hydrogen (secondary N) is 2. The first kappa shape index (κ1) is 20.6. The van der Waals surface area contributed by atoms with Crippen molar-refractivity contribution < 1.29 is 18.0 Å². The van der Waals surface area contributed by atoms with E-state index in [9.17, 15) is 18.0 Å². The molecule has 0 bridgehead atoms. The van der Waals surface area contributed by atoms with E-state index >= 15 is 0 Å². The fourth-order valence-electron chi connectivity index (χ4n) is 2.46. The number of anilines is 2. The Labute approximate surface area is 159 Å². The monoisotopic (exact) mass is 389 g/mol. The molecule has 0 atom stereocenters. The van der Waals surface area contributed by atoms with Crippen LogP contribution in [-0.4, -0.2) is 38.1 Å². The van der Waals surface area contributed by atoms with Gasteiger partial charge in [0.2, 0.25) is 21.8 Å². The summed E-state index contributed by atoms with van der Waals surface area (Å²) in [6, 6.07) is 11.3. The fraction of sp³-hybridized carbons (Fsp3) is 0.263. The molecular weight excluding hydrogens is 366 g/mol. The quantitative estimate of drug-likeness (QED) is 0.794. The third-order valence-corrected chi connectivity index (χ3v) is 5.95. The number of amides is 2. The van der Waals surface area contributed by atoms with Gasteiger partial charge in [0, 0.05) is 25.3 Å². The number of aryl methyl sites for hydroxylation is 1. The molecular formula is C19H23N3O4S. The average Bonchev–Trinajstić information content (AvgIpc) is 2.59.